The first kappa shape index (κ1) is 29.1. The molecule has 6 nitrogen and oxygen atoms in total. The van der Waals surface area contributed by atoms with Crippen molar-refractivity contribution in [2.75, 3.05) is 13.2 Å². The summed E-state index contributed by atoms with van der Waals surface area (Å²) in [6, 6.07) is 12.8. The lowest BCUT2D eigenvalue weighted by Gasteiger charge is -2.12. The summed E-state index contributed by atoms with van der Waals surface area (Å²) in [6.45, 7) is 5.17. The quantitative estimate of drug-likeness (QED) is 0.243. The Morgan fingerprint density at radius 2 is 0.971 bits per heavy atom. The van der Waals surface area contributed by atoms with Crippen LogP contribution in [-0.2, 0) is 9.84 Å². The fourth-order valence-electron chi connectivity index (χ4n) is 3.75. The molecule has 0 aromatic heterocycles. The minimum Gasteiger partial charge on any atom is -0.494 e. The third-order valence-electron chi connectivity index (χ3n) is 5.95. The van der Waals surface area contributed by atoms with Crippen molar-refractivity contribution in [1.82, 2.24) is 0 Å². The fourth-order valence-corrected chi connectivity index (χ4v) is 5.01. The van der Waals surface area contributed by atoms with Crippen LogP contribution in [0, 0.1) is 0 Å². The molecule has 0 amide bonds. The van der Waals surface area contributed by atoms with Gasteiger partial charge in [0, 0.05) is 0 Å². The summed E-state index contributed by atoms with van der Waals surface area (Å²) in [6.07, 6.45) is 8.17. The van der Waals surface area contributed by atoms with Gasteiger partial charge in [-0.3, -0.25) is 0 Å². The Balaban J connectivity index is 1.80. The molecule has 0 saturated heterocycles. The van der Waals surface area contributed by atoms with Gasteiger partial charge in [-0.05, 0) is 87.1 Å². The molecule has 0 aliphatic heterocycles. The molecular weight excluding hydrogens is 464 g/mol. The van der Waals surface area contributed by atoms with Crippen molar-refractivity contribution < 1.29 is 28.1 Å². The Labute approximate surface area is 211 Å². The smallest absolute Gasteiger partial charge is 0.206 e. The van der Waals surface area contributed by atoms with Crippen molar-refractivity contribution in [1.29, 1.82) is 0 Å². The first-order valence-corrected chi connectivity index (χ1v) is 14.4. The van der Waals surface area contributed by atoms with Gasteiger partial charge in [0.25, 0.3) is 0 Å². The van der Waals surface area contributed by atoms with Crippen LogP contribution in [0.2, 0.25) is 0 Å². The van der Waals surface area contributed by atoms with E-state index in [1.165, 1.54) is 0 Å². The molecule has 196 valence electrons. The average molecular weight is 507 g/mol. The van der Waals surface area contributed by atoms with Gasteiger partial charge in [0.15, 0.2) is 0 Å². The van der Waals surface area contributed by atoms with Gasteiger partial charge in [-0.1, -0.05) is 39.5 Å². The number of sulfone groups is 1. The zero-order chi connectivity index (χ0) is 25.5. The highest BCUT2D eigenvalue weighted by Crippen LogP contribution is 2.25. The van der Waals surface area contributed by atoms with Gasteiger partial charge in [-0.15, -0.1) is 0 Å². The van der Waals surface area contributed by atoms with Crippen LogP contribution in [0.5, 0.6) is 11.5 Å². The van der Waals surface area contributed by atoms with E-state index in [9.17, 15) is 18.6 Å². The Morgan fingerprint density at radius 3 is 1.31 bits per heavy atom. The van der Waals surface area contributed by atoms with E-state index in [0.29, 0.717) is 37.6 Å². The molecule has 2 unspecified atom stereocenters. The third kappa shape index (κ3) is 10.6. The van der Waals surface area contributed by atoms with Crippen LogP contribution in [-0.4, -0.2) is 44.1 Å². The Morgan fingerprint density at radius 1 is 0.629 bits per heavy atom. The number of aliphatic hydroxyl groups is 2. The molecule has 2 atom stereocenters. The highest BCUT2D eigenvalue weighted by atomic mass is 32.2. The van der Waals surface area contributed by atoms with Crippen molar-refractivity contribution >= 4 is 9.84 Å². The van der Waals surface area contributed by atoms with Crippen molar-refractivity contribution in [3.8, 4) is 11.5 Å². The van der Waals surface area contributed by atoms with E-state index in [1.807, 2.05) is 0 Å². The second-order valence-electron chi connectivity index (χ2n) is 9.02. The first-order valence-electron chi connectivity index (χ1n) is 12.9. The van der Waals surface area contributed by atoms with Crippen LogP contribution in [0.1, 0.15) is 78.1 Å². The minimum absolute atomic E-state index is 0.203. The van der Waals surface area contributed by atoms with Crippen LogP contribution in [0.3, 0.4) is 0 Å². The fraction of sp³-hybridized carbons (Fsp3) is 0.571. The van der Waals surface area contributed by atoms with E-state index in [-0.39, 0.29) is 22.0 Å². The summed E-state index contributed by atoms with van der Waals surface area (Å²) in [5.74, 6) is 1.21. The average Bonchev–Trinajstić information content (AvgIpc) is 2.87. The molecule has 0 fully saturated rings. The van der Waals surface area contributed by atoms with Gasteiger partial charge in [0.1, 0.15) is 11.5 Å². The van der Waals surface area contributed by atoms with E-state index in [1.54, 1.807) is 48.5 Å². The number of aliphatic hydroxyl groups excluding tert-OH is 2. The molecule has 2 N–H and O–H groups in total. The highest BCUT2D eigenvalue weighted by molar-refractivity contribution is 7.91. The summed E-state index contributed by atoms with van der Waals surface area (Å²) < 4.78 is 37.3. The third-order valence-corrected chi connectivity index (χ3v) is 7.74. The van der Waals surface area contributed by atoms with Gasteiger partial charge in [-0.2, -0.15) is 0 Å². The number of unbranched alkanes of at least 4 members (excludes halogenated alkanes) is 2. The van der Waals surface area contributed by atoms with Gasteiger partial charge in [-0.25, -0.2) is 8.42 Å². The Hall–Kier alpha value is -2.09. The molecule has 35 heavy (non-hydrogen) atoms. The number of hydrogen-bond donors (Lipinski definition) is 2. The second kappa shape index (κ2) is 15.8. The lowest BCUT2D eigenvalue weighted by atomic mass is 10.1. The maximum atomic E-state index is 13.0. The number of benzene rings is 2. The van der Waals surface area contributed by atoms with Crippen molar-refractivity contribution in [2.24, 2.45) is 0 Å². The summed E-state index contributed by atoms with van der Waals surface area (Å²) in [5, 5.41) is 19.8. The van der Waals surface area contributed by atoms with Gasteiger partial charge >= 0.3 is 0 Å². The molecule has 0 heterocycles. The summed E-state index contributed by atoms with van der Waals surface area (Å²) >= 11 is 0. The summed E-state index contributed by atoms with van der Waals surface area (Å²) in [4.78, 5) is 0.407. The number of rotatable bonds is 18. The SMILES string of the molecule is CCCCC(O)CCCOc1ccc(S(=O)(=O)c2ccc(OCCCC(O)CCCC)cc2)cc1. The van der Waals surface area contributed by atoms with Crippen LogP contribution in [0.4, 0.5) is 0 Å². The second-order valence-corrected chi connectivity index (χ2v) is 11.0. The normalized spacial score (nSPS) is 13.4. The molecule has 0 spiro atoms. The summed E-state index contributed by atoms with van der Waals surface area (Å²) in [5.41, 5.74) is 0. The lowest BCUT2D eigenvalue weighted by molar-refractivity contribution is 0.140. The molecule has 2 aromatic carbocycles. The molecular formula is C28H42O6S. The molecule has 0 aliphatic carbocycles. The molecule has 0 radical (unpaired) electrons. The number of ether oxygens (including phenoxy) is 2. The van der Waals surface area contributed by atoms with Crippen LogP contribution < -0.4 is 9.47 Å². The van der Waals surface area contributed by atoms with E-state index in [2.05, 4.69) is 13.8 Å². The highest BCUT2D eigenvalue weighted by Gasteiger charge is 2.18. The maximum absolute atomic E-state index is 13.0. The zero-order valence-corrected chi connectivity index (χ0v) is 22.0. The van der Waals surface area contributed by atoms with E-state index >= 15 is 0 Å². The standard InChI is InChI=1S/C28H42O6S/c1-3-5-9-23(29)11-7-21-33-25-13-17-27(18-14-25)35(31,32)28-19-15-26(16-20-28)34-22-8-12-24(30)10-6-4-2/h13-20,23-24,29-30H,3-12,21-22H2,1-2H3. The van der Waals surface area contributed by atoms with E-state index in [4.69, 9.17) is 9.47 Å². The molecule has 7 heteroatoms. The largest absolute Gasteiger partial charge is 0.494 e. The topological polar surface area (TPSA) is 93.1 Å². The van der Waals surface area contributed by atoms with Crippen LogP contribution in [0.25, 0.3) is 0 Å². The van der Waals surface area contributed by atoms with Crippen molar-refractivity contribution in [3.05, 3.63) is 48.5 Å². The van der Waals surface area contributed by atoms with Crippen LogP contribution in [0.15, 0.2) is 58.3 Å². The van der Waals surface area contributed by atoms with Gasteiger partial charge in [0.2, 0.25) is 9.84 Å². The van der Waals surface area contributed by atoms with Crippen molar-refractivity contribution in [3.63, 3.8) is 0 Å². The molecule has 0 aliphatic rings. The summed E-state index contributed by atoms with van der Waals surface area (Å²) in [7, 11) is -3.64. The van der Waals surface area contributed by atoms with E-state index < -0.39 is 9.84 Å². The molecule has 0 bridgehead atoms. The van der Waals surface area contributed by atoms with Gasteiger partial charge in [0.05, 0.1) is 35.2 Å². The predicted molar refractivity (Wildman–Crippen MR) is 139 cm³/mol. The maximum Gasteiger partial charge on any atom is 0.206 e. The Bertz CT molecular complexity index is 853. The first-order chi connectivity index (χ1) is 16.9. The Kier molecular flexibility index (Phi) is 13.2. The number of hydrogen-bond acceptors (Lipinski definition) is 6. The van der Waals surface area contributed by atoms with Crippen molar-refractivity contribution in [2.45, 2.75) is 100 Å². The zero-order valence-electron chi connectivity index (χ0n) is 21.2. The van der Waals surface area contributed by atoms with Crippen LogP contribution >= 0.6 is 0 Å². The molecule has 2 aromatic rings. The predicted octanol–water partition coefficient (Wildman–Crippen LogP) is 5.94. The van der Waals surface area contributed by atoms with E-state index in [0.717, 1.165) is 51.4 Å². The lowest BCUT2D eigenvalue weighted by Crippen LogP contribution is -2.09. The monoisotopic (exact) mass is 506 g/mol. The minimum atomic E-state index is -3.64. The van der Waals surface area contributed by atoms with Gasteiger partial charge < -0.3 is 19.7 Å². The molecule has 0 saturated carbocycles. The molecule has 2 rings (SSSR count).